The Hall–Kier alpha value is -2.60. The standard InChI is InChI=1S/C14H17N3O5S/c1-12(18)17(9-7-15)23(20,21)10-8-16-14(19)22-11-13-5-3-2-4-6-13/h2-6H,8-11H2,1H3,(H,16,19). The monoisotopic (exact) mass is 339 g/mol. The zero-order valence-electron chi connectivity index (χ0n) is 12.6. The van der Waals surface area contributed by atoms with E-state index in [1.165, 1.54) is 0 Å². The third-order valence-corrected chi connectivity index (χ3v) is 4.52. The number of alkyl carbamates (subject to hydrolysis) is 1. The van der Waals surface area contributed by atoms with Gasteiger partial charge in [0.2, 0.25) is 15.9 Å². The fourth-order valence-corrected chi connectivity index (χ4v) is 2.86. The second-order valence-electron chi connectivity index (χ2n) is 4.49. The van der Waals surface area contributed by atoms with E-state index < -0.39 is 34.3 Å². The molecule has 0 unspecified atom stereocenters. The first kappa shape index (κ1) is 18.4. The molecule has 0 aliphatic heterocycles. The molecule has 1 rings (SSSR count). The van der Waals surface area contributed by atoms with E-state index in [9.17, 15) is 18.0 Å². The SMILES string of the molecule is CC(=O)N(CC#N)S(=O)(=O)CCNC(=O)OCc1ccccc1. The topological polar surface area (TPSA) is 117 Å². The van der Waals surface area contributed by atoms with Gasteiger partial charge in [-0.25, -0.2) is 17.5 Å². The van der Waals surface area contributed by atoms with Crippen molar-refractivity contribution in [2.45, 2.75) is 13.5 Å². The van der Waals surface area contributed by atoms with Gasteiger partial charge in [-0.3, -0.25) is 4.79 Å². The van der Waals surface area contributed by atoms with Gasteiger partial charge in [-0.05, 0) is 5.56 Å². The molecule has 1 aromatic rings. The molecule has 0 aliphatic carbocycles. The summed E-state index contributed by atoms with van der Waals surface area (Å²) >= 11 is 0. The van der Waals surface area contributed by atoms with Gasteiger partial charge in [-0.15, -0.1) is 0 Å². The quantitative estimate of drug-likeness (QED) is 0.728. The smallest absolute Gasteiger partial charge is 0.407 e. The number of amides is 2. The molecule has 0 heterocycles. The molecule has 0 fully saturated rings. The van der Waals surface area contributed by atoms with Gasteiger partial charge in [0.05, 0.1) is 11.8 Å². The summed E-state index contributed by atoms with van der Waals surface area (Å²) in [7, 11) is -3.96. The van der Waals surface area contributed by atoms with Crippen LogP contribution in [0.2, 0.25) is 0 Å². The summed E-state index contributed by atoms with van der Waals surface area (Å²) in [5.41, 5.74) is 0.798. The molecule has 0 saturated heterocycles. The lowest BCUT2D eigenvalue weighted by Crippen LogP contribution is -2.40. The number of nitrogens with one attached hydrogen (secondary N) is 1. The average molecular weight is 339 g/mol. The maximum Gasteiger partial charge on any atom is 0.407 e. The lowest BCUT2D eigenvalue weighted by molar-refractivity contribution is -0.123. The summed E-state index contributed by atoms with van der Waals surface area (Å²) in [5, 5.41) is 10.8. The highest BCUT2D eigenvalue weighted by Gasteiger charge is 2.24. The molecule has 9 heteroatoms. The van der Waals surface area contributed by atoms with Gasteiger partial charge in [0.15, 0.2) is 0 Å². The summed E-state index contributed by atoms with van der Waals surface area (Å²) in [5.74, 6) is -1.26. The van der Waals surface area contributed by atoms with Crippen molar-refractivity contribution >= 4 is 22.0 Å². The molecule has 1 aromatic carbocycles. The molecular formula is C14H17N3O5S. The molecule has 124 valence electrons. The third-order valence-electron chi connectivity index (χ3n) is 2.74. The van der Waals surface area contributed by atoms with E-state index in [0.717, 1.165) is 12.5 Å². The molecule has 8 nitrogen and oxygen atoms in total. The molecule has 0 aliphatic rings. The minimum atomic E-state index is -3.96. The maximum absolute atomic E-state index is 11.9. The van der Waals surface area contributed by atoms with E-state index >= 15 is 0 Å². The van der Waals surface area contributed by atoms with Gasteiger partial charge in [-0.2, -0.15) is 5.26 Å². The fourth-order valence-electron chi connectivity index (χ4n) is 1.64. The van der Waals surface area contributed by atoms with Crippen LogP contribution >= 0.6 is 0 Å². The third kappa shape index (κ3) is 6.36. The first-order valence-corrected chi connectivity index (χ1v) is 8.30. The Morgan fingerprint density at radius 2 is 1.96 bits per heavy atom. The largest absolute Gasteiger partial charge is 0.445 e. The van der Waals surface area contributed by atoms with Crippen LogP contribution in [0.25, 0.3) is 0 Å². The lowest BCUT2D eigenvalue weighted by atomic mass is 10.2. The summed E-state index contributed by atoms with van der Waals surface area (Å²) < 4.78 is 29.2. The Kier molecular flexibility index (Phi) is 7.02. The number of carbonyl (C=O) groups excluding carboxylic acids is 2. The van der Waals surface area contributed by atoms with Crippen LogP contribution < -0.4 is 5.32 Å². The Labute approximate surface area is 134 Å². The van der Waals surface area contributed by atoms with Crippen LogP contribution in [0.1, 0.15) is 12.5 Å². The predicted octanol–water partition coefficient (Wildman–Crippen LogP) is 0.615. The molecule has 23 heavy (non-hydrogen) atoms. The van der Waals surface area contributed by atoms with Crippen molar-refractivity contribution in [3.63, 3.8) is 0 Å². The van der Waals surface area contributed by atoms with E-state index in [-0.39, 0.29) is 13.2 Å². The molecule has 0 radical (unpaired) electrons. The predicted molar refractivity (Wildman–Crippen MR) is 81.4 cm³/mol. The van der Waals surface area contributed by atoms with Crippen LogP contribution in [0.5, 0.6) is 0 Å². The number of nitriles is 1. The number of nitrogens with zero attached hydrogens (tertiary/aromatic N) is 2. The number of hydrogen-bond acceptors (Lipinski definition) is 6. The van der Waals surface area contributed by atoms with Crippen LogP contribution in [0.15, 0.2) is 30.3 Å². The Morgan fingerprint density at radius 3 is 2.52 bits per heavy atom. The number of carbonyl (C=O) groups is 2. The maximum atomic E-state index is 11.9. The molecule has 2 amide bonds. The normalized spacial score (nSPS) is 10.4. The number of sulfonamides is 1. The van der Waals surface area contributed by atoms with Crippen LogP contribution in [-0.2, 0) is 26.2 Å². The van der Waals surface area contributed by atoms with Crippen LogP contribution in [0.4, 0.5) is 4.79 Å². The molecule has 0 atom stereocenters. The van der Waals surface area contributed by atoms with Gasteiger partial charge in [0.1, 0.15) is 13.2 Å². The van der Waals surface area contributed by atoms with Crippen molar-refractivity contribution in [2.75, 3.05) is 18.8 Å². The van der Waals surface area contributed by atoms with E-state index in [1.54, 1.807) is 30.3 Å². The highest BCUT2D eigenvalue weighted by molar-refractivity contribution is 7.89. The van der Waals surface area contributed by atoms with Gasteiger partial charge in [0, 0.05) is 13.5 Å². The van der Waals surface area contributed by atoms with Gasteiger partial charge in [-0.1, -0.05) is 30.3 Å². The summed E-state index contributed by atoms with van der Waals surface area (Å²) in [6.45, 7) is 0.325. The van der Waals surface area contributed by atoms with Gasteiger partial charge >= 0.3 is 6.09 Å². The lowest BCUT2D eigenvalue weighted by Gasteiger charge is -2.17. The van der Waals surface area contributed by atoms with E-state index in [1.807, 2.05) is 6.07 Å². The first-order chi connectivity index (χ1) is 10.9. The molecule has 0 aromatic heterocycles. The highest BCUT2D eigenvalue weighted by Crippen LogP contribution is 2.02. The van der Waals surface area contributed by atoms with Crippen molar-refractivity contribution in [2.24, 2.45) is 0 Å². The summed E-state index contributed by atoms with van der Waals surface area (Å²) in [6.07, 6.45) is -0.765. The van der Waals surface area contributed by atoms with Gasteiger partial charge < -0.3 is 10.1 Å². The summed E-state index contributed by atoms with van der Waals surface area (Å²) in [6, 6.07) is 10.6. The highest BCUT2D eigenvalue weighted by atomic mass is 32.2. The second-order valence-corrected chi connectivity index (χ2v) is 6.50. The van der Waals surface area contributed by atoms with Gasteiger partial charge in [0.25, 0.3) is 0 Å². The van der Waals surface area contributed by atoms with Crippen LogP contribution in [-0.4, -0.2) is 43.6 Å². The average Bonchev–Trinajstić information content (AvgIpc) is 2.51. The van der Waals surface area contributed by atoms with E-state index in [2.05, 4.69) is 5.32 Å². The number of benzene rings is 1. The van der Waals surface area contributed by atoms with Crippen LogP contribution in [0.3, 0.4) is 0 Å². The zero-order chi connectivity index (χ0) is 17.3. The minimum absolute atomic E-state index is 0.0629. The number of rotatable bonds is 7. The van der Waals surface area contributed by atoms with E-state index in [4.69, 9.17) is 10.00 Å². The Morgan fingerprint density at radius 1 is 1.30 bits per heavy atom. The van der Waals surface area contributed by atoms with Crippen molar-refractivity contribution in [1.29, 1.82) is 5.26 Å². The molecular weight excluding hydrogens is 322 g/mol. The first-order valence-electron chi connectivity index (χ1n) is 6.69. The summed E-state index contributed by atoms with van der Waals surface area (Å²) in [4.78, 5) is 22.7. The number of ether oxygens (including phenoxy) is 1. The van der Waals surface area contributed by atoms with Crippen molar-refractivity contribution < 1.29 is 22.7 Å². The Bertz CT molecular complexity index is 682. The number of hydrogen-bond donors (Lipinski definition) is 1. The Balaban J connectivity index is 2.41. The van der Waals surface area contributed by atoms with Crippen molar-refractivity contribution in [1.82, 2.24) is 9.62 Å². The molecule has 0 bridgehead atoms. The van der Waals surface area contributed by atoms with Crippen molar-refractivity contribution in [3.05, 3.63) is 35.9 Å². The molecule has 0 spiro atoms. The zero-order valence-corrected chi connectivity index (χ0v) is 13.4. The second kappa shape index (κ2) is 8.75. The molecule has 0 saturated carbocycles. The van der Waals surface area contributed by atoms with Crippen LogP contribution in [0, 0.1) is 11.3 Å². The van der Waals surface area contributed by atoms with Crippen molar-refractivity contribution in [3.8, 4) is 6.07 Å². The molecule has 1 N–H and O–H groups in total. The van der Waals surface area contributed by atoms with E-state index in [0.29, 0.717) is 4.31 Å². The fraction of sp³-hybridized carbons (Fsp3) is 0.357. The minimum Gasteiger partial charge on any atom is -0.445 e.